The number of halogens is 2. The summed E-state index contributed by atoms with van der Waals surface area (Å²) in [5.41, 5.74) is 1.03. The van der Waals surface area contributed by atoms with Gasteiger partial charge in [-0.25, -0.2) is 4.39 Å². The molecule has 1 aromatic rings. The van der Waals surface area contributed by atoms with Crippen molar-refractivity contribution < 1.29 is 4.39 Å². The lowest BCUT2D eigenvalue weighted by atomic mass is 9.70. The number of benzene rings is 1. The zero-order chi connectivity index (χ0) is 14.8. The van der Waals surface area contributed by atoms with E-state index in [1.807, 2.05) is 6.07 Å². The van der Waals surface area contributed by atoms with Crippen LogP contribution in [0.3, 0.4) is 0 Å². The molecule has 1 aliphatic rings. The SMILES string of the molecule is CC(C)(C)C1CCC(CNc2c(F)cccc2Br)CC1. The molecule has 0 heterocycles. The minimum Gasteiger partial charge on any atom is -0.381 e. The monoisotopic (exact) mass is 341 g/mol. The molecule has 0 bridgehead atoms. The van der Waals surface area contributed by atoms with Gasteiger partial charge in [0.15, 0.2) is 0 Å². The predicted octanol–water partition coefficient (Wildman–Crippen LogP) is 5.85. The van der Waals surface area contributed by atoms with Crippen LogP contribution in [0.2, 0.25) is 0 Å². The van der Waals surface area contributed by atoms with Gasteiger partial charge in [0.1, 0.15) is 5.82 Å². The van der Waals surface area contributed by atoms with Gasteiger partial charge in [-0.2, -0.15) is 0 Å². The van der Waals surface area contributed by atoms with Crippen LogP contribution < -0.4 is 5.32 Å². The molecule has 112 valence electrons. The maximum atomic E-state index is 13.7. The van der Waals surface area contributed by atoms with Crippen molar-refractivity contribution in [1.29, 1.82) is 0 Å². The van der Waals surface area contributed by atoms with Crippen molar-refractivity contribution in [1.82, 2.24) is 0 Å². The molecule has 1 N–H and O–H groups in total. The quantitative estimate of drug-likeness (QED) is 0.726. The van der Waals surface area contributed by atoms with Crippen molar-refractivity contribution in [2.24, 2.45) is 17.3 Å². The Balaban J connectivity index is 1.85. The van der Waals surface area contributed by atoms with Gasteiger partial charge in [-0.1, -0.05) is 26.8 Å². The van der Waals surface area contributed by atoms with Crippen molar-refractivity contribution in [3.63, 3.8) is 0 Å². The van der Waals surface area contributed by atoms with Gasteiger partial charge in [0, 0.05) is 11.0 Å². The van der Waals surface area contributed by atoms with Crippen molar-refractivity contribution in [3.05, 3.63) is 28.5 Å². The fraction of sp³-hybridized carbons (Fsp3) is 0.647. The number of para-hydroxylation sites is 1. The van der Waals surface area contributed by atoms with Gasteiger partial charge in [0.25, 0.3) is 0 Å². The second kappa shape index (κ2) is 6.46. The summed E-state index contributed by atoms with van der Waals surface area (Å²) < 4.78 is 14.5. The molecule has 0 radical (unpaired) electrons. The van der Waals surface area contributed by atoms with Crippen LogP contribution in [-0.4, -0.2) is 6.54 Å². The number of hydrogen-bond donors (Lipinski definition) is 1. The normalized spacial score (nSPS) is 23.6. The molecule has 1 nitrogen and oxygen atoms in total. The molecule has 1 aliphatic carbocycles. The van der Waals surface area contributed by atoms with Crippen LogP contribution in [-0.2, 0) is 0 Å². The number of rotatable bonds is 3. The van der Waals surface area contributed by atoms with Gasteiger partial charge in [-0.15, -0.1) is 0 Å². The van der Waals surface area contributed by atoms with Gasteiger partial charge in [0.2, 0.25) is 0 Å². The van der Waals surface area contributed by atoms with E-state index in [2.05, 4.69) is 42.0 Å². The van der Waals surface area contributed by atoms with Gasteiger partial charge >= 0.3 is 0 Å². The van der Waals surface area contributed by atoms with Crippen molar-refractivity contribution in [3.8, 4) is 0 Å². The highest BCUT2D eigenvalue weighted by molar-refractivity contribution is 9.10. The van der Waals surface area contributed by atoms with Crippen LogP contribution in [0.1, 0.15) is 46.5 Å². The highest BCUT2D eigenvalue weighted by atomic mass is 79.9. The highest BCUT2D eigenvalue weighted by Crippen LogP contribution is 2.40. The van der Waals surface area contributed by atoms with Crippen LogP contribution in [0.4, 0.5) is 10.1 Å². The van der Waals surface area contributed by atoms with Crippen molar-refractivity contribution in [2.75, 3.05) is 11.9 Å². The lowest BCUT2D eigenvalue weighted by Crippen LogP contribution is -2.28. The first-order chi connectivity index (χ1) is 9.38. The molecule has 1 fully saturated rings. The minimum atomic E-state index is -0.178. The number of hydrogen-bond acceptors (Lipinski definition) is 1. The summed E-state index contributed by atoms with van der Waals surface area (Å²) >= 11 is 3.41. The Kier molecular flexibility index (Phi) is 5.11. The van der Waals surface area contributed by atoms with Crippen LogP contribution in [0, 0.1) is 23.1 Å². The summed E-state index contributed by atoms with van der Waals surface area (Å²) in [5, 5.41) is 3.28. The first kappa shape index (κ1) is 15.8. The molecule has 0 saturated heterocycles. The molecular formula is C17H25BrFN. The van der Waals surface area contributed by atoms with Crippen molar-refractivity contribution in [2.45, 2.75) is 46.5 Å². The topological polar surface area (TPSA) is 12.0 Å². The Labute approximate surface area is 130 Å². The van der Waals surface area contributed by atoms with Gasteiger partial charge in [0.05, 0.1) is 5.69 Å². The average molecular weight is 342 g/mol. The molecule has 3 heteroatoms. The Morgan fingerprint density at radius 3 is 2.40 bits per heavy atom. The lowest BCUT2D eigenvalue weighted by molar-refractivity contribution is 0.153. The fourth-order valence-corrected chi connectivity index (χ4v) is 3.63. The van der Waals surface area contributed by atoms with E-state index in [1.165, 1.54) is 31.7 Å². The summed E-state index contributed by atoms with van der Waals surface area (Å²) in [5.74, 6) is 1.32. The summed E-state index contributed by atoms with van der Waals surface area (Å²) in [6.07, 6.45) is 5.10. The molecule has 0 aromatic heterocycles. The number of nitrogens with one attached hydrogen (secondary N) is 1. The van der Waals surface area contributed by atoms with Gasteiger partial charge in [-0.05, 0) is 71.0 Å². The van der Waals surface area contributed by atoms with E-state index in [4.69, 9.17) is 0 Å². The summed E-state index contributed by atoms with van der Waals surface area (Å²) in [6, 6.07) is 5.10. The minimum absolute atomic E-state index is 0.178. The van der Waals surface area contributed by atoms with Crippen molar-refractivity contribution >= 4 is 21.6 Å². The standard InChI is InChI=1S/C17H25BrFN/c1-17(2,3)13-9-7-12(8-10-13)11-20-16-14(18)5-4-6-15(16)19/h4-6,12-13,20H,7-11H2,1-3H3. The lowest BCUT2D eigenvalue weighted by Gasteiger charge is -2.37. The molecule has 1 saturated carbocycles. The Hall–Kier alpha value is -0.570. The smallest absolute Gasteiger partial charge is 0.147 e. The molecule has 2 rings (SSSR count). The first-order valence-electron chi connectivity index (χ1n) is 7.56. The average Bonchev–Trinajstić information content (AvgIpc) is 2.37. The predicted molar refractivity (Wildman–Crippen MR) is 87.5 cm³/mol. The van der Waals surface area contributed by atoms with Crippen LogP contribution >= 0.6 is 15.9 Å². The summed E-state index contributed by atoms with van der Waals surface area (Å²) in [7, 11) is 0. The third-order valence-corrected chi connectivity index (χ3v) is 5.26. The molecule has 0 unspecified atom stereocenters. The third kappa shape index (κ3) is 3.97. The zero-order valence-corrected chi connectivity index (χ0v) is 14.3. The summed E-state index contributed by atoms with van der Waals surface area (Å²) in [6.45, 7) is 7.89. The Morgan fingerprint density at radius 1 is 1.20 bits per heavy atom. The largest absolute Gasteiger partial charge is 0.381 e. The van der Waals surface area contributed by atoms with Crippen LogP contribution in [0.5, 0.6) is 0 Å². The maximum Gasteiger partial charge on any atom is 0.147 e. The van der Waals surface area contributed by atoms with Gasteiger partial charge < -0.3 is 5.32 Å². The second-order valence-corrected chi connectivity index (χ2v) is 7.92. The van der Waals surface area contributed by atoms with E-state index < -0.39 is 0 Å². The molecule has 1 aromatic carbocycles. The fourth-order valence-electron chi connectivity index (χ4n) is 3.15. The molecule has 20 heavy (non-hydrogen) atoms. The van der Waals surface area contributed by atoms with Gasteiger partial charge in [-0.3, -0.25) is 0 Å². The zero-order valence-electron chi connectivity index (χ0n) is 12.7. The van der Waals surface area contributed by atoms with Crippen LogP contribution in [0.25, 0.3) is 0 Å². The maximum absolute atomic E-state index is 13.7. The molecule has 0 aliphatic heterocycles. The highest BCUT2D eigenvalue weighted by Gasteiger charge is 2.29. The molecule has 0 spiro atoms. The molecule has 0 atom stereocenters. The third-order valence-electron chi connectivity index (χ3n) is 4.60. The van der Waals surface area contributed by atoms with E-state index >= 15 is 0 Å². The first-order valence-corrected chi connectivity index (χ1v) is 8.35. The van der Waals surface area contributed by atoms with Crippen LogP contribution in [0.15, 0.2) is 22.7 Å². The Bertz CT molecular complexity index is 425. The van der Waals surface area contributed by atoms with E-state index in [0.717, 1.165) is 16.9 Å². The molecule has 0 amide bonds. The number of anilines is 1. The van der Waals surface area contributed by atoms with E-state index in [-0.39, 0.29) is 5.82 Å². The Morgan fingerprint density at radius 2 is 1.85 bits per heavy atom. The van der Waals surface area contributed by atoms with E-state index in [9.17, 15) is 4.39 Å². The summed E-state index contributed by atoms with van der Waals surface area (Å²) in [4.78, 5) is 0. The second-order valence-electron chi connectivity index (χ2n) is 7.06. The molecular weight excluding hydrogens is 317 g/mol. The van der Waals surface area contributed by atoms with E-state index in [1.54, 1.807) is 6.07 Å². The van der Waals surface area contributed by atoms with E-state index in [0.29, 0.717) is 17.0 Å².